The van der Waals surface area contributed by atoms with Crippen LogP contribution in [-0.4, -0.2) is 29.9 Å². The van der Waals surface area contributed by atoms with E-state index in [0.717, 1.165) is 5.56 Å². The summed E-state index contributed by atoms with van der Waals surface area (Å²) < 4.78 is 11.2. The van der Waals surface area contributed by atoms with Crippen molar-refractivity contribution >= 4 is 11.7 Å². The number of ketones is 1. The molecule has 1 unspecified atom stereocenters. The Morgan fingerprint density at radius 3 is 2.60 bits per heavy atom. The number of carbonyl (C=O) groups excluding carboxylic acids is 2. The van der Waals surface area contributed by atoms with E-state index in [0.29, 0.717) is 55.2 Å². The molecule has 1 amide bonds. The van der Waals surface area contributed by atoms with Crippen LogP contribution >= 0.6 is 0 Å². The van der Waals surface area contributed by atoms with Crippen LogP contribution in [0.1, 0.15) is 71.6 Å². The molecule has 2 aromatic rings. The van der Waals surface area contributed by atoms with Crippen molar-refractivity contribution in [3.05, 3.63) is 57.0 Å². The van der Waals surface area contributed by atoms with Gasteiger partial charge in [-0.1, -0.05) is 26.8 Å². The van der Waals surface area contributed by atoms with Gasteiger partial charge in [-0.25, -0.2) is 0 Å². The summed E-state index contributed by atoms with van der Waals surface area (Å²) >= 11 is 0. The molecule has 1 aromatic heterocycles. The molecular weight excluding hydrogens is 384 g/mol. The lowest BCUT2D eigenvalue weighted by molar-refractivity contribution is 0.0910. The molecule has 2 aliphatic rings. The van der Waals surface area contributed by atoms with Crippen molar-refractivity contribution in [3.63, 3.8) is 0 Å². The minimum absolute atomic E-state index is 0.0437. The van der Waals surface area contributed by atoms with E-state index >= 15 is 0 Å². The van der Waals surface area contributed by atoms with Gasteiger partial charge in [0.1, 0.15) is 18.8 Å². The van der Waals surface area contributed by atoms with Crippen LogP contribution in [-0.2, 0) is 6.42 Å². The van der Waals surface area contributed by atoms with E-state index in [1.165, 1.54) is 6.07 Å². The standard InChI is InChI=1S/C23H26N2O5/c1-4-16(13-5-6-19-20(9-13)30-8-7-29-19)24-21(27)15-10-14-17(25-22(15)28)11-23(2,3)12-18(14)26/h5-6,9-10,16H,4,7-8,11-12H2,1-3H3,(H,24,27)(H,25,28). The van der Waals surface area contributed by atoms with Crippen LogP contribution in [0.25, 0.3) is 0 Å². The number of fused-ring (bicyclic) bond motifs is 2. The summed E-state index contributed by atoms with van der Waals surface area (Å²) in [5.41, 5.74) is 1.18. The smallest absolute Gasteiger partial charge is 0.261 e. The molecule has 1 aliphatic heterocycles. The minimum Gasteiger partial charge on any atom is -0.486 e. The zero-order chi connectivity index (χ0) is 21.5. The average Bonchev–Trinajstić information content (AvgIpc) is 2.70. The van der Waals surface area contributed by atoms with Crippen LogP contribution in [0.4, 0.5) is 0 Å². The highest BCUT2D eigenvalue weighted by Crippen LogP contribution is 2.34. The van der Waals surface area contributed by atoms with Crippen molar-refractivity contribution in [2.75, 3.05) is 13.2 Å². The van der Waals surface area contributed by atoms with Crippen LogP contribution in [0.5, 0.6) is 11.5 Å². The summed E-state index contributed by atoms with van der Waals surface area (Å²) in [5, 5.41) is 2.92. The maximum atomic E-state index is 12.9. The summed E-state index contributed by atoms with van der Waals surface area (Å²) in [6.45, 7) is 6.93. The topological polar surface area (TPSA) is 97.5 Å². The number of nitrogens with one attached hydrogen (secondary N) is 2. The zero-order valence-electron chi connectivity index (χ0n) is 17.5. The fourth-order valence-electron chi connectivity index (χ4n) is 4.13. The molecule has 0 saturated heterocycles. The van der Waals surface area contributed by atoms with Crippen molar-refractivity contribution in [2.45, 2.75) is 46.1 Å². The Balaban J connectivity index is 1.59. The van der Waals surface area contributed by atoms with Crippen molar-refractivity contribution in [1.29, 1.82) is 0 Å². The predicted octanol–water partition coefficient (Wildman–Crippen LogP) is 3.18. The number of benzene rings is 1. The Hall–Kier alpha value is -3.09. The van der Waals surface area contributed by atoms with Gasteiger partial charge >= 0.3 is 0 Å². The lowest BCUT2D eigenvalue weighted by atomic mass is 9.75. The molecule has 158 valence electrons. The molecule has 7 nitrogen and oxygen atoms in total. The van der Waals surface area contributed by atoms with E-state index in [1.54, 1.807) is 0 Å². The number of amides is 1. The van der Waals surface area contributed by atoms with E-state index < -0.39 is 11.5 Å². The lowest BCUT2D eigenvalue weighted by Crippen LogP contribution is -2.36. The van der Waals surface area contributed by atoms with Crippen LogP contribution in [0.2, 0.25) is 0 Å². The Bertz CT molecular complexity index is 1070. The van der Waals surface area contributed by atoms with Gasteiger partial charge in [-0.3, -0.25) is 14.4 Å². The number of aromatic nitrogens is 1. The Morgan fingerprint density at radius 1 is 1.13 bits per heavy atom. The van der Waals surface area contributed by atoms with Crippen molar-refractivity contribution in [3.8, 4) is 11.5 Å². The molecule has 4 rings (SSSR count). The molecule has 2 heterocycles. The summed E-state index contributed by atoms with van der Waals surface area (Å²) in [5.74, 6) is 0.772. The highest BCUT2D eigenvalue weighted by Gasteiger charge is 2.33. The van der Waals surface area contributed by atoms with Gasteiger partial charge < -0.3 is 19.8 Å². The van der Waals surface area contributed by atoms with Crippen molar-refractivity contribution < 1.29 is 19.1 Å². The third kappa shape index (κ3) is 3.84. The number of pyridine rings is 1. The first-order valence-corrected chi connectivity index (χ1v) is 10.3. The van der Waals surface area contributed by atoms with E-state index in [1.807, 2.05) is 39.0 Å². The van der Waals surface area contributed by atoms with Gasteiger partial charge in [0.2, 0.25) is 0 Å². The van der Waals surface area contributed by atoms with Gasteiger partial charge in [-0.15, -0.1) is 0 Å². The largest absolute Gasteiger partial charge is 0.486 e. The maximum absolute atomic E-state index is 12.9. The fraction of sp³-hybridized carbons (Fsp3) is 0.435. The summed E-state index contributed by atoms with van der Waals surface area (Å²) in [6.07, 6.45) is 1.61. The molecule has 1 aliphatic carbocycles. The van der Waals surface area contributed by atoms with Gasteiger partial charge in [0.05, 0.1) is 6.04 Å². The number of ether oxygens (including phenoxy) is 2. The van der Waals surface area contributed by atoms with Gasteiger partial charge in [-0.05, 0) is 42.0 Å². The lowest BCUT2D eigenvalue weighted by Gasteiger charge is -2.29. The first-order valence-electron chi connectivity index (χ1n) is 10.3. The number of hydrogen-bond acceptors (Lipinski definition) is 5. The highest BCUT2D eigenvalue weighted by atomic mass is 16.6. The monoisotopic (exact) mass is 410 g/mol. The van der Waals surface area contributed by atoms with E-state index in [2.05, 4.69) is 10.3 Å². The van der Waals surface area contributed by atoms with E-state index in [4.69, 9.17) is 9.47 Å². The molecular formula is C23H26N2O5. The molecule has 30 heavy (non-hydrogen) atoms. The first kappa shape index (κ1) is 20.2. The molecule has 1 aromatic carbocycles. The predicted molar refractivity (Wildman–Crippen MR) is 111 cm³/mol. The Labute approximate surface area is 174 Å². The molecule has 0 radical (unpaired) electrons. The minimum atomic E-state index is -0.501. The quantitative estimate of drug-likeness (QED) is 0.807. The SMILES string of the molecule is CCC(NC(=O)c1cc2c([nH]c1=O)CC(C)(C)CC2=O)c1ccc2c(c1)OCCO2. The van der Waals surface area contributed by atoms with Gasteiger partial charge in [0.25, 0.3) is 11.5 Å². The third-order valence-electron chi connectivity index (χ3n) is 5.64. The number of carbonyl (C=O) groups is 2. The van der Waals surface area contributed by atoms with Gasteiger partial charge in [-0.2, -0.15) is 0 Å². The second kappa shape index (κ2) is 7.63. The fourth-order valence-corrected chi connectivity index (χ4v) is 4.13. The van der Waals surface area contributed by atoms with Crippen LogP contribution < -0.4 is 20.3 Å². The summed E-state index contributed by atoms with van der Waals surface area (Å²) in [7, 11) is 0. The number of Topliss-reactive ketones (excluding diaryl/α,β-unsaturated/α-hetero) is 1. The molecule has 0 spiro atoms. The molecule has 0 fully saturated rings. The van der Waals surface area contributed by atoms with E-state index in [-0.39, 0.29) is 22.8 Å². The van der Waals surface area contributed by atoms with Crippen molar-refractivity contribution in [2.24, 2.45) is 5.41 Å². The molecule has 7 heteroatoms. The third-order valence-corrected chi connectivity index (χ3v) is 5.64. The molecule has 2 N–H and O–H groups in total. The van der Waals surface area contributed by atoms with Gasteiger partial charge in [0.15, 0.2) is 17.3 Å². The Morgan fingerprint density at radius 2 is 1.87 bits per heavy atom. The Kier molecular flexibility index (Phi) is 5.13. The zero-order valence-corrected chi connectivity index (χ0v) is 17.5. The molecule has 0 bridgehead atoms. The highest BCUT2D eigenvalue weighted by molar-refractivity contribution is 6.02. The summed E-state index contributed by atoms with van der Waals surface area (Å²) in [4.78, 5) is 40.8. The number of rotatable bonds is 4. The van der Waals surface area contributed by atoms with Crippen LogP contribution in [0.3, 0.4) is 0 Å². The van der Waals surface area contributed by atoms with Crippen LogP contribution in [0, 0.1) is 5.41 Å². The second-order valence-electron chi connectivity index (χ2n) is 8.68. The van der Waals surface area contributed by atoms with Crippen LogP contribution in [0.15, 0.2) is 29.1 Å². The van der Waals surface area contributed by atoms with Gasteiger partial charge in [0, 0.05) is 17.7 Å². The number of H-pyrrole nitrogens is 1. The number of aromatic amines is 1. The molecule has 1 atom stereocenters. The average molecular weight is 410 g/mol. The normalized spacial score (nSPS) is 17.8. The second-order valence-corrected chi connectivity index (χ2v) is 8.68. The van der Waals surface area contributed by atoms with E-state index in [9.17, 15) is 14.4 Å². The number of hydrogen-bond donors (Lipinski definition) is 2. The van der Waals surface area contributed by atoms with Crippen molar-refractivity contribution in [1.82, 2.24) is 10.3 Å². The maximum Gasteiger partial charge on any atom is 0.261 e. The summed E-state index contributed by atoms with van der Waals surface area (Å²) in [6, 6.07) is 6.69. The first-order chi connectivity index (χ1) is 14.3. The molecule has 0 saturated carbocycles.